The molecule has 0 amide bonds. The SMILES string of the molecule is COC(=O)c1ccc(OC(F)F)c(N)c1N. The Morgan fingerprint density at radius 2 is 1.94 bits per heavy atom. The van der Waals surface area contributed by atoms with Crippen molar-refractivity contribution in [2.45, 2.75) is 6.61 Å². The summed E-state index contributed by atoms with van der Waals surface area (Å²) in [5.74, 6) is -0.979. The minimum Gasteiger partial charge on any atom is -0.465 e. The van der Waals surface area contributed by atoms with Crippen molar-refractivity contribution in [2.75, 3.05) is 18.6 Å². The van der Waals surface area contributed by atoms with Gasteiger partial charge in [-0.3, -0.25) is 0 Å². The summed E-state index contributed by atoms with van der Waals surface area (Å²) in [6, 6.07) is 2.33. The monoisotopic (exact) mass is 232 g/mol. The first kappa shape index (κ1) is 12.0. The van der Waals surface area contributed by atoms with Crippen molar-refractivity contribution in [3.05, 3.63) is 17.7 Å². The molecule has 1 rings (SSSR count). The largest absolute Gasteiger partial charge is 0.465 e. The van der Waals surface area contributed by atoms with E-state index in [4.69, 9.17) is 11.5 Å². The van der Waals surface area contributed by atoms with E-state index in [9.17, 15) is 13.6 Å². The molecule has 0 atom stereocenters. The standard InChI is InChI=1S/C9H10F2N2O3/c1-15-8(14)4-2-3-5(16-9(10)11)7(13)6(4)12/h2-3,9H,12-13H2,1H3. The lowest BCUT2D eigenvalue weighted by molar-refractivity contribution is -0.0492. The van der Waals surface area contributed by atoms with E-state index >= 15 is 0 Å². The summed E-state index contributed by atoms with van der Waals surface area (Å²) < 4.78 is 32.4. The third-order valence-corrected chi connectivity index (χ3v) is 1.87. The van der Waals surface area contributed by atoms with Gasteiger partial charge < -0.3 is 20.9 Å². The maximum Gasteiger partial charge on any atom is 0.387 e. The van der Waals surface area contributed by atoms with Crippen LogP contribution in [0.25, 0.3) is 0 Å². The van der Waals surface area contributed by atoms with Crippen LogP contribution in [-0.2, 0) is 4.74 Å². The topological polar surface area (TPSA) is 87.6 Å². The number of carbonyl (C=O) groups is 1. The summed E-state index contributed by atoms with van der Waals surface area (Å²) in [5, 5.41) is 0. The fourth-order valence-corrected chi connectivity index (χ4v) is 1.10. The third kappa shape index (κ3) is 2.30. The van der Waals surface area contributed by atoms with Gasteiger partial charge in [0.05, 0.1) is 24.0 Å². The van der Waals surface area contributed by atoms with Crippen molar-refractivity contribution in [1.29, 1.82) is 0 Å². The molecule has 0 aromatic heterocycles. The third-order valence-electron chi connectivity index (χ3n) is 1.87. The van der Waals surface area contributed by atoms with Crippen molar-refractivity contribution < 1.29 is 23.0 Å². The van der Waals surface area contributed by atoms with Crippen LogP contribution in [0, 0.1) is 0 Å². The van der Waals surface area contributed by atoms with Crippen LogP contribution in [0.4, 0.5) is 20.2 Å². The first-order chi connectivity index (χ1) is 7.47. The number of benzene rings is 1. The number of nitrogen functional groups attached to an aromatic ring is 2. The minimum atomic E-state index is -3.01. The Labute approximate surface area is 89.9 Å². The van der Waals surface area contributed by atoms with Gasteiger partial charge in [-0.05, 0) is 12.1 Å². The first-order valence-electron chi connectivity index (χ1n) is 4.18. The number of anilines is 2. The number of esters is 1. The van der Waals surface area contributed by atoms with E-state index in [1.54, 1.807) is 0 Å². The van der Waals surface area contributed by atoms with Gasteiger partial charge in [-0.2, -0.15) is 8.78 Å². The number of hydrogen-bond donors (Lipinski definition) is 2. The van der Waals surface area contributed by atoms with Crippen LogP contribution in [0.1, 0.15) is 10.4 Å². The smallest absolute Gasteiger partial charge is 0.387 e. The summed E-state index contributed by atoms with van der Waals surface area (Å²) in [6.07, 6.45) is 0. The van der Waals surface area contributed by atoms with Crippen molar-refractivity contribution in [2.24, 2.45) is 0 Å². The molecule has 0 fully saturated rings. The lowest BCUT2D eigenvalue weighted by Crippen LogP contribution is -2.11. The van der Waals surface area contributed by atoms with Crippen LogP contribution in [0.2, 0.25) is 0 Å². The normalized spacial score (nSPS) is 10.2. The van der Waals surface area contributed by atoms with Gasteiger partial charge in [0, 0.05) is 0 Å². The second-order valence-corrected chi connectivity index (χ2v) is 2.81. The van der Waals surface area contributed by atoms with E-state index in [-0.39, 0.29) is 22.7 Å². The highest BCUT2D eigenvalue weighted by atomic mass is 19.3. The predicted octanol–water partition coefficient (Wildman–Crippen LogP) is 1.24. The Morgan fingerprint density at radius 1 is 1.31 bits per heavy atom. The maximum absolute atomic E-state index is 11.9. The molecule has 7 heteroatoms. The van der Waals surface area contributed by atoms with E-state index < -0.39 is 12.6 Å². The molecule has 0 saturated carbocycles. The quantitative estimate of drug-likeness (QED) is 0.604. The zero-order valence-corrected chi connectivity index (χ0v) is 8.37. The highest BCUT2D eigenvalue weighted by Crippen LogP contribution is 2.31. The molecule has 16 heavy (non-hydrogen) atoms. The molecular weight excluding hydrogens is 222 g/mol. The van der Waals surface area contributed by atoms with Crippen molar-refractivity contribution in [1.82, 2.24) is 0 Å². The Morgan fingerprint density at radius 3 is 2.44 bits per heavy atom. The second kappa shape index (κ2) is 4.65. The average molecular weight is 232 g/mol. The van der Waals surface area contributed by atoms with Crippen LogP contribution < -0.4 is 16.2 Å². The summed E-state index contributed by atoms with van der Waals surface area (Å²) >= 11 is 0. The highest BCUT2D eigenvalue weighted by molar-refractivity contribution is 5.99. The van der Waals surface area contributed by atoms with Crippen LogP contribution in [0.5, 0.6) is 5.75 Å². The molecule has 0 aliphatic carbocycles. The molecule has 0 aliphatic rings. The minimum absolute atomic E-state index is 0.00150. The van der Waals surface area contributed by atoms with Gasteiger partial charge in [-0.15, -0.1) is 0 Å². The zero-order chi connectivity index (χ0) is 12.3. The van der Waals surface area contributed by atoms with Crippen molar-refractivity contribution in [3.8, 4) is 5.75 Å². The van der Waals surface area contributed by atoms with Gasteiger partial charge in [0.25, 0.3) is 0 Å². The Bertz CT molecular complexity index is 410. The van der Waals surface area contributed by atoms with E-state index in [0.29, 0.717) is 0 Å². The van der Waals surface area contributed by atoms with E-state index in [0.717, 1.165) is 6.07 Å². The molecule has 0 radical (unpaired) electrons. The molecule has 0 bridgehead atoms. The first-order valence-corrected chi connectivity index (χ1v) is 4.18. The van der Waals surface area contributed by atoms with Gasteiger partial charge in [-0.1, -0.05) is 0 Å². The Balaban J connectivity index is 3.13. The summed E-state index contributed by atoms with van der Waals surface area (Å²) in [6.45, 7) is -3.01. The fourth-order valence-electron chi connectivity index (χ4n) is 1.10. The van der Waals surface area contributed by atoms with Crippen LogP contribution in [0.15, 0.2) is 12.1 Å². The summed E-state index contributed by atoms with van der Waals surface area (Å²) in [5.41, 5.74) is 10.6. The number of carbonyl (C=O) groups excluding carboxylic acids is 1. The molecule has 0 saturated heterocycles. The van der Waals surface area contributed by atoms with E-state index in [1.165, 1.54) is 13.2 Å². The van der Waals surface area contributed by atoms with E-state index in [2.05, 4.69) is 9.47 Å². The van der Waals surface area contributed by atoms with Crippen molar-refractivity contribution in [3.63, 3.8) is 0 Å². The predicted molar refractivity (Wildman–Crippen MR) is 53.2 cm³/mol. The van der Waals surface area contributed by atoms with Gasteiger partial charge in [0.2, 0.25) is 0 Å². The molecule has 5 nitrogen and oxygen atoms in total. The zero-order valence-electron chi connectivity index (χ0n) is 8.37. The lowest BCUT2D eigenvalue weighted by Gasteiger charge is -2.11. The van der Waals surface area contributed by atoms with Gasteiger partial charge in [0.15, 0.2) is 5.75 Å². The molecular formula is C9H10F2N2O3. The van der Waals surface area contributed by atoms with Crippen LogP contribution in [0.3, 0.4) is 0 Å². The summed E-state index contributed by atoms with van der Waals surface area (Å²) in [4.78, 5) is 11.2. The van der Waals surface area contributed by atoms with Gasteiger partial charge in [-0.25, -0.2) is 4.79 Å². The number of halogens is 2. The fraction of sp³-hybridized carbons (Fsp3) is 0.222. The van der Waals surface area contributed by atoms with Crippen molar-refractivity contribution >= 4 is 17.3 Å². The number of rotatable bonds is 3. The molecule has 4 N–H and O–H groups in total. The molecule has 88 valence electrons. The van der Waals surface area contributed by atoms with Gasteiger partial charge >= 0.3 is 12.6 Å². The average Bonchev–Trinajstić information content (AvgIpc) is 2.23. The number of nitrogens with two attached hydrogens (primary N) is 2. The molecule has 0 unspecified atom stereocenters. The van der Waals surface area contributed by atoms with Crippen LogP contribution in [-0.4, -0.2) is 19.7 Å². The van der Waals surface area contributed by atoms with Gasteiger partial charge in [0.1, 0.15) is 0 Å². The molecule has 1 aromatic carbocycles. The molecule has 0 heterocycles. The molecule has 0 aliphatic heterocycles. The second-order valence-electron chi connectivity index (χ2n) is 2.81. The number of alkyl halides is 2. The Hall–Kier alpha value is -2.05. The molecule has 1 aromatic rings. The maximum atomic E-state index is 11.9. The van der Waals surface area contributed by atoms with Crippen LogP contribution >= 0.6 is 0 Å². The molecule has 0 spiro atoms. The number of methoxy groups -OCH3 is 1. The lowest BCUT2D eigenvalue weighted by atomic mass is 10.1. The number of ether oxygens (including phenoxy) is 2. The number of hydrogen-bond acceptors (Lipinski definition) is 5. The Kier molecular flexibility index (Phi) is 3.49. The highest BCUT2D eigenvalue weighted by Gasteiger charge is 2.17. The summed E-state index contributed by atoms with van der Waals surface area (Å²) in [7, 11) is 1.17. The van der Waals surface area contributed by atoms with E-state index in [1.807, 2.05) is 0 Å².